The van der Waals surface area contributed by atoms with Crippen molar-refractivity contribution in [3.63, 3.8) is 0 Å². The number of para-hydroxylation sites is 2. The maximum Gasteiger partial charge on any atom is 0.339 e. The molecule has 0 saturated carbocycles. The minimum absolute atomic E-state index is 0.256. The number of hydrogen-bond donors (Lipinski definition) is 2. The van der Waals surface area contributed by atoms with E-state index in [-0.39, 0.29) is 5.91 Å². The number of nitrogens with one attached hydrogen (secondary N) is 2. The van der Waals surface area contributed by atoms with Gasteiger partial charge in [-0.2, -0.15) is 0 Å². The molecule has 0 radical (unpaired) electrons. The maximum absolute atomic E-state index is 12.9. The first-order valence-corrected chi connectivity index (χ1v) is 9.45. The predicted molar refractivity (Wildman–Crippen MR) is 107 cm³/mol. The number of benzene rings is 1. The highest BCUT2D eigenvalue weighted by molar-refractivity contribution is 6.08. The van der Waals surface area contributed by atoms with Crippen molar-refractivity contribution in [2.24, 2.45) is 0 Å². The molecule has 6 nitrogen and oxygen atoms in total. The first-order chi connectivity index (χ1) is 13.0. The molecule has 0 bridgehead atoms. The van der Waals surface area contributed by atoms with E-state index in [2.05, 4.69) is 15.2 Å². The zero-order valence-electron chi connectivity index (χ0n) is 16.2. The number of amides is 1. The van der Waals surface area contributed by atoms with Gasteiger partial charge in [0.25, 0.3) is 5.91 Å². The SMILES string of the molecule is COC(=O)c1c(C)[nH]c(C(=O)Nc2ccccc2N2CCCCCC2)c1C. The van der Waals surface area contributed by atoms with Crippen molar-refractivity contribution in [3.8, 4) is 0 Å². The highest BCUT2D eigenvalue weighted by Crippen LogP contribution is 2.29. The number of hydrogen-bond acceptors (Lipinski definition) is 4. The quantitative estimate of drug-likeness (QED) is 0.798. The number of anilines is 2. The van der Waals surface area contributed by atoms with E-state index in [0.29, 0.717) is 22.5 Å². The molecule has 1 saturated heterocycles. The molecule has 1 aromatic heterocycles. The van der Waals surface area contributed by atoms with Crippen molar-refractivity contribution < 1.29 is 14.3 Å². The molecule has 2 aromatic rings. The molecular formula is C21H27N3O3. The molecule has 1 aromatic carbocycles. The van der Waals surface area contributed by atoms with Crippen LogP contribution in [-0.4, -0.2) is 37.1 Å². The third-order valence-electron chi connectivity index (χ3n) is 5.15. The van der Waals surface area contributed by atoms with Crippen LogP contribution in [0.3, 0.4) is 0 Å². The average Bonchev–Trinajstić information content (AvgIpc) is 2.84. The molecule has 1 aliphatic heterocycles. The lowest BCUT2D eigenvalue weighted by atomic mass is 10.1. The summed E-state index contributed by atoms with van der Waals surface area (Å²) in [6, 6.07) is 7.89. The summed E-state index contributed by atoms with van der Waals surface area (Å²) in [6.45, 7) is 5.52. The molecule has 2 heterocycles. The number of esters is 1. The Morgan fingerprint density at radius 1 is 1.07 bits per heavy atom. The molecule has 0 atom stereocenters. The summed E-state index contributed by atoms with van der Waals surface area (Å²) in [5.74, 6) is -0.696. The number of ether oxygens (including phenoxy) is 1. The third kappa shape index (κ3) is 3.99. The molecule has 1 fully saturated rings. The molecule has 27 heavy (non-hydrogen) atoms. The Bertz CT molecular complexity index is 833. The van der Waals surface area contributed by atoms with Gasteiger partial charge in [-0.25, -0.2) is 4.79 Å². The van der Waals surface area contributed by atoms with Crippen LogP contribution < -0.4 is 10.2 Å². The van der Waals surface area contributed by atoms with Gasteiger partial charge in [-0.15, -0.1) is 0 Å². The Labute approximate surface area is 159 Å². The fraction of sp³-hybridized carbons (Fsp3) is 0.429. The summed E-state index contributed by atoms with van der Waals surface area (Å²) in [5.41, 5.74) is 3.87. The summed E-state index contributed by atoms with van der Waals surface area (Å²) in [4.78, 5) is 30.2. The number of nitrogens with zero attached hydrogens (tertiary/aromatic N) is 1. The van der Waals surface area contributed by atoms with Crippen molar-refractivity contribution in [2.45, 2.75) is 39.5 Å². The molecule has 0 aliphatic carbocycles. The van der Waals surface area contributed by atoms with Gasteiger partial charge in [0.15, 0.2) is 0 Å². The van der Waals surface area contributed by atoms with Crippen LogP contribution in [0.15, 0.2) is 24.3 Å². The number of H-pyrrole nitrogens is 1. The van der Waals surface area contributed by atoms with Gasteiger partial charge in [-0.3, -0.25) is 4.79 Å². The lowest BCUT2D eigenvalue weighted by Gasteiger charge is -2.25. The van der Waals surface area contributed by atoms with Crippen LogP contribution in [0, 0.1) is 13.8 Å². The van der Waals surface area contributed by atoms with Gasteiger partial charge >= 0.3 is 5.97 Å². The monoisotopic (exact) mass is 369 g/mol. The summed E-state index contributed by atoms with van der Waals surface area (Å²) in [6.07, 6.45) is 4.84. The van der Waals surface area contributed by atoms with E-state index < -0.39 is 5.97 Å². The number of aryl methyl sites for hydroxylation is 1. The number of rotatable bonds is 4. The van der Waals surface area contributed by atoms with Crippen LogP contribution in [0.2, 0.25) is 0 Å². The number of aromatic amines is 1. The highest BCUT2D eigenvalue weighted by Gasteiger charge is 2.23. The normalized spacial score (nSPS) is 14.6. The maximum atomic E-state index is 12.9. The van der Waals surface area contributed by atoms with Crippen molar-refractivity contribution in [1.82, 2.24) is 4.98 Å². The van der Waals surface area contributed by atoms with Crippen molar-refractivity contribution in [2.75, 3.05) is 30.4 Å². The number of carbonyl (C=O) groups is 2. The van der Waals surface area contributed by atoms with Crippen molar-refractivity contribution >= 4 is 23.3 Å². The summed E-state index contributed by atoms with van der Waals surface area (Å²) < 4.78 is 4.82. The predicted octanol–water partition coefficient (Wildman–Crippen LogP) is 4.05. The van der Waals surface area contributed by atoms with Gasteiger partial charge in [-0.1, -0.05) is 25.0 Å². The third-order valence-corrected chi connectivity index (χ3v) is 5.15. The second-order valence-corrected chi connectivity index (χ2v) is 6.99. The van der Waals surface area contributed by atoms with Gasteiger partial charge in [0.1, 0.15) is 5.69 Å². The van der Waals surface area contributed by atoms with Crippen LogP contribution >= 0.6 is 0 Å². The Balaban J connectivity index is 1.86. The minimum atomic E-state index is -0.440. The van der Waals surface area contributed by atoms with E-state index in [0.717, 1.165) is 24.5 Å². The number of carbonyl (C=O) groups excluding carboxylic acids is 2. The minimum Gasteiger partial charge on any atom is -0.465 e. The summed E-state index contributed by atoms with van der Waals surface area (Å²) in [5, 5.41) is 3.02. The Hall–Kier alpha value is -2.76. The molecule has 2 N–H and O–H groups in total. The smallest absolute Gasteiger partial charge is 0.339 e. The van der Waals surface area contributed by atoms with Crippen molar-refractivity contribution in [3.05, 3.63) is 46.8 Å². The molecule has 0 spiro atoms. The lowest BCUT2D eigenvalue weighted by Crippen LogP contribution is -2.26. The van der Waals surface area contributed by atoms with Gasteiger partial charge < -0.3 is 19.9 Å². The molecule has 6 heteroatoms. The van der Waals surface area contributed by atoms with E-state index in [9.17, 15) is 9.59 Å². The second-order valence-electron chi connectivity index (χ2n) is 6.99. The van der Waals surface area contributed by atoms with Crippen LogP contribution in [0.4, 0.5) is 11.4 Å². The van der Waals surface area contributed by atoms with Gasteiger partial charge in [0.05, 0.1) is 24.0 Å². The largest absolute Gasteiger partial charge is 0.465 e. The van der Waals surface area contributed by atoms with E-state index in [1.165, 1.54) is 32.8 Å². The van der Waals surface area contributed by atoms with E-state index >= 15 is 0 Å². The average molecular weight is 369 g/mol. The Morgan fingerprint density at radius 2 is 1.74 bits per heavy atom. The standard InChI is InChI=1S/C21H27N3O3/c1-14-18(21(26)27-3)15(2)22-19(14)20(25)23-16-10-6-7-11-17(16)24-12-8-4-5-9-13-24/h6-7,10-11,22H,4-5,8-9,12-13H2,1-3H3,(H,23,25). The second kappa shape index (κ2) is 8.29. The van der Waals surface area contributed by atoms with Crippen LogP contribution in [0.5, 0.6) is 0 Å². The van der Waals surface area contributed by atoms with Crippen LogP contribution in [-0.2, 0) is 4.74 Å². The lowest BCUT2D eigenvalue weighted by molar-refractivity contribution is 0.0599. The first kappa shape index (κ1) is 19.0. The molecule has 1 aliphatic rings. The topological polar surface area (TPSA) is 74.4 Å². The van der Waals surface area contributed by atoms with Crippen LogP contribution in [0.1, 0.15) is 57.8 Å². The Kier molecular flexibility index (Phi) is 5.84. The zero-order valence-corrected chi connectivity index (χ0v) is 16.2. The summed E-state index contributed by atoms with van der Waals surface area (Å²) in [7, 11) is 1.34. The molecule has 3 rings (SSSR count). The Morgan fingerprint density at radius 3 is 2.41 bits per heavy atom. The number of methoxy groups -OCH3 is 1. The van der Waals surface area contributed by atoms with E-state index in [1.54, 1.807) is 13.8 Å². The van der Waals surface area contributed by atoms with Crippen molar-refractivity contribution in [1.29, 1.82) is 0 Å². The molecule has 0 unspecified atom stereocenters. The van der Waals surface area contributed by atoms with Gasteiger partial charge in [0, 0.05) is 18.8 Å². The van der Waals surface area contributed by atoms with Gasteiger partial charge in [-0.05, 0) is 44.4 Å². The highest BCUT2D eigenvalue weighted by atomic mass is 16.5. The molecular weight excluding hydrogens is 342 g/mol. The molecule has 144 valence electrons. The zero-order chi connectivity index (χ0) is 19.4. The first-order valence-electron chi connectivity index (χ1n) is 9.45. The molecule has 1 amide bonds. The van der Waals surface area contributed by atoms with E-state index in [1.807, 2.05) is 24.3 Å². The number of aromatic nitrogens is 1. The van der Waals surface area contributed by atoms with Crippen LogP contribution in [0.25, 0.3) is 0 Å². The fourth-order valence-corrected chi connectivity index (χ4v) is 3.74. The fourth-order valence-electron chi connectivity index (χ4n) is 3.74. The summed E-state index contributed by atoms with van der Waals surface area (Å²) >= 11 is 0. The van der Waals surface area contributed by atoms with Gasteiger partial charge in [0.2, 0.25) is 0 Å². The van der Waals surface area contributed by atoms with E-state index in [4.69, 9.17) is 4.74 Å².